The van der Waals surface area contributed by atoms with Crippen LogP contribution in [0.15, 0.2) is 89.1 Å². The number of thiazole rings is 1. The summed E-state index contributed by atoms with van der Waals surface area (Å²) in [5, 5.41) is 18.3. The SMILES string of the molecule is CC(Sc1cccc(NC(=O)COc2ccccc2)c1)C(=O)Nc1nc(-c2cccc([N+](=O)[O-])c2)cs1. The van der Waals surface area contributed by atoms with Gasteiger partial charge in [-0.15, -0.1) is 23.1 Å². The number of carbonyl (C=O) groups is 2. The van der Waals surface area contributed by atoms with Crippen LogP contribution in [0.2, 0.25) is 0 Å². The number of thioether (sulfide) groups is 1. The number of hydrogen-bond acceptors (Lipinski definition) is 8. The Hall–Kier alpha value is -4.22. The summed E-state index contributed by atoms with van der Waals surface area (Å²) in [7, 11) is 0. The van der Waals surface area contributed by atoms with Crippen molar-refractivity contribution in [2.24, 2.45) is 0 Å². The number of ether oxygens (including phenoxy) is 1. The number of carbonyl (C=O) groups excluding carboxylic acids is 2. The predicted octanol–water partition coefficient (Wildman–Crippen LogP) is 5.86. The standard InChI is InChI=1S/C26H22N4O5S2/c1-17(25(32)29-26-28-23(16-36-26)18-7-5-9-20(13-18)30(33)34)37-22-12-6-8-19(14-22)27-24(31)15-35-21-10-3-2-4-11-21/h2-14,16-17H,15H2,1H3,(H,27,31)(H,28,29,32). The molecule has 1 heterocycles. The lowest BCUT2D eigenvalue weighted by molar-refractivity contribution is -0.384. The smallest absolute Gasteiger partial charge is 0.270 e. The van der Waals surface area contributed by atoms with Crippen molar-refractivity contribution in [1.29, 1.82) is 0 Å². The van der Waals surface area contributed by atoms with Crippen LogP contribution >= 0.6 is 23.1 Å². The summed E-state index contributed by atoms with van der Waals surface area (Å²) in [5.41, 5.74) is 1.72. The van der Waals surface area contributed by atoms with Crippen LogP contribution in [0.25, 0.3) is 11.3 Å². The molecule has 11 heteroatoms. The third-order valence-corrected chi connectivity index (χ3v) is 6.85. The van der Waals surface area contributed by atoms with Crippen molar-refractivity contribution in [3.05, 3.63) is 94.4 Å². The molecule has 0 fully saturated rings. The minimum Gasteiger partial charge on any atom is -0.484 e. The van der Waals surface area contributed by atoms with Crippen LogP contribution in [-0.2, 0) is 9.59 Å². The van der Waals surface area contributed by atoms with Crippen LogP contribution in [0.3, 0.4) is 0 Å². The maximum absolute atomic E-state index is 12.7. The Labute approximate surface area is 221 Å². The van der Waals surface area contributed by atoms with E-state index in [1.807, 2.05) is 24.3 Å². The lowest BCUT2D eigenvalue weighted by Crippen LogP contribution is -2.22. The first-order valence-electron chi connectivity index (χ1n) is 11.1. The van der Waals surface area contributed by atoms with E-state index in [0.29, 0.717) is 27.8 Å². The highest BCUT2D eigenvalue weighted by Crippen LogP contribution is 2.30. The van der Waals surface area contributed by atoms with Crippen LogP contribution in [0.1, 0.15) is 6.92 Å². The maximum atomic E-state index is 12.7. The van der Waals surface area contributed by atoms with Gasteiger partial charge in [-0.05, 0) is 37.3 Å². The zero-order chi connectivity index (χ0) is 26.2. The van der Waals surface area contributed by atoms with Gasteiger partial charge in [0, 0.05) is 33.7 Å². The van der Waals surface area contributed by atoms with Gasteiger partial charge in [-0.25, -0.2) is 4.98 Å². The molecule has 2 amide bonds. The topological polar surface area (TPSA) is 123 Å². The molecule has 37 heavy (non-hydrogen) atoms. The fraction of sp³-hybridized carbons (Fsp3) is 0.115. The molecule has 0 aliphatic heterocycles. The number of para-hydroxylation sites is 1. The number of hydrogen-bond donors (Lipinski definition) is 2. The molecule has 9 nitrogen and oxygen atoms in total. The molecule has 1 atom stereocenters. The van der Waals surface area contributed by atoms with Crippen molar-refractivity contribution in [2.75, 3.05) is 17.2 Å². The van der Waals surface area contributed by atoms with Crippen LogP contribution in [0.5, 0.6) is 5.75 Å². The quantitative estimate of drug-likeness (QED) is 0.148. The molecule has 188 valence electrons. The number of rotatable bonds is 10. The monoisotopic (exact) mass is 534 g/mol. The number of aromatic nitrogens is 1. The molecular weight excluding hydrogens is 512 g/mol. The summed E-state index contributed by atoms with van der Waals surface area (Å²) in [6.07, 6.45) is 0. The number of nitro groups is 1. The van der Waals surface area contributed by atoms with Crippen molar-refractivity contribution in [3.63, 3.8) is 0 Å². The molecular formula is C26H22N4O5S2. The van der Waals surface area contributed by atoms with Gasteiger partial charge >= 0.3 is 0 Å². The second-order valence-corrected chi connectivity index (χ2v) is 10.0. The highest BCUT2D eigenvalue weighted by molar-refractivity contribution is 8.00. The van der Waals surface area contributed by atoms with Crippen molar-refractivity contribution >= 4 is 51.4 Å². The summed E-state index contributed by atoms with van der Waals surface area (Å²) in [4.78, 5) is 40.7. The van der Waals surface area contributed by atoms with E-state index in [9.17, 15) is 19.7 Å². The van der Waals surface area contributed by atoms with Gasteiger partial charge < -0.3 is 15.4 Å². The Morgan fingerprint density at radius 1 is 1.05 bits per heavy atom. The van der Waals surface area contributed by atoms with Crippen molar-refractivity contribution in [3.8, 4) is 17.0 Å². The number of amides is 2. The second kappa shape index (κ2) is 12.2. The molecule has 3 aromatic carbocycles. The average Bonchev–Trinajstić information content (AvgIpc) is 3.37. The number of nitrogens with zero attached hydrogens (tertiary/aromatic N) is 2. The van der Waals surface area contributed by atoms with Crippen molar-refractivity contribution in [2.45, 2.75) is 17.1 Å². The maximum Gasteiger partial charge on any atom is 0.270 e. The molecule has 0 aliphatic carbocycles. The van der Waals surface area contributed by atoms with Crippen molar-refractivity contribution in [1.82, 2.24) is 4.98 Å². The number of non-ortho nitro benzene ring substituents is 1. The molecule has 0 spiro atoms. The predicted molar refractivity (Wildman–Crippen MR) is 145 cm³/mol. The average molecular weight is 535 g/mol. The van der Waals surface area contributed by atoms with Gasteiger partial charge in [0.1, 0.15) is 5.75 Å². The summed E-state index contributed by atoms with van der Waals surface area (Å²) in [6, 6.07) is 22.5. The minimum atomic E-state index is -0.462. The highest BCUT2D eigenvalue weighted by atomic mass is 32.2. The summed E-state index contributed by atoms with van der Waals surface area (Å²) in [6.45, 7) is 1.65. The van der Waals surface area contributed by atoms with Gasteiger partial charge in [-0.3, -0.25) is 19.7 Å². The molecule has 0 bridgehead atoms. The third-order valence-electron chi connectivity index (χ3n) is 5.00. The zero-order valence-corrected chi connectivity index (χ0v) is 21.3. The Balaban J connectivity index is 1.31. The van der Waals surface area contributed by atoms with Crippen molar-refractivity contribution < 1.29 is 19.2 Å². The van der Waals surface area contributed by atoms with Gasteiger partial charge in [-0.2, -0.15) is 0 Å². The van der Waals surface area contributed by atoms with Crippen LogP contribution < -0.4 is 15.4 Å². The van der Waals surface area contributed by atoms with E-state index in [0.717, 1.165) is 4.90 Å². The Bertz CT molecular complexity index is 1410. The molecule has 4 aromatic rings. The Morgan fingerprint density at radius 2 is 1.84 bits per heavy atom. The first-order chi connectivity index (χ1) is 17.9. The summed E-state index contributed by atoms with van der Waals surface area (Å²) >= 11 is 2.58. The van der Waals surface area contributed by atoms with Crippen LogP contribution in [-0.4, -0.2) is 33.6 Å². The first-order valence-corrected chi connectivity index (χ1v) is 12.9. The van der Waals surface area contributed by atoms with Gasteiger partial charge in [-0.1, -0.05) is 36.4 Å². The number of anilines is 2. The van der Waals surface area contributed by atoms with E-state index in [-0.39, 0.29) is 24.1 Å². The summed E-state index contributed by atoms with van der Waals surface area (Å²) in [5.74, 6) is 0.0787. The Kier molecular flexibility index (Phi) is 8.49. The molecule has 1 unspecified atom stereocenters. The fourth-order valence-electron chi connectivity index (χ4n) is 3.22. The number of nitrogens with one attached hydrogen (secondary N) is 2. The zero-order valence-electron chi connectivity index (χ0n) is 19.6. The molecule has 0 saturated carbocycles. The van der Waals surface area contributed by atoms with Crippen LogP contribution in [0.4, 0.5) is 16.5 Å². The van der Waals surface area contributed by atoms with E-state index in [4.69, 9.17) is 4.74 Å². The molecule has 2 N–H and O–H groups in total. The van der Waals surface area contributed by atoms with E-state index >= 15 is 0 Å². The molecule has 1 aromatic heterocycles. The molecule has 0 aliphatic rings. The highest BCUT2D eigenvalue weighted by Gasteiger charge is 2.17. The first kappa shape index (κ1) is 25.9. The number of nitro benzene ring substituents is 1. The van der Waals surface area contributed by atoms with E-state index in [2.05, 4.69) is 15.6 Å². The molecule has 0 saturated heterocycles. The van der Waals surface area contributed by atoms with E-state index in [1.54, 1.807) is 54.8 Å². The lowest BCUT2D eigenvalue weighted by Gasteiger charge is -2.12. The van der Waals surface area contributed by atoms with E-state index < -0.39 is 10.2 Å². The van der Waals surface area contributed by atoms with Gasteiger partial charge in [0.2, 0.25) is 5.91 Å². The normalized spacial score (nSPS) is 11.4. The summed E-state index contributed by atoms with van der Waals surface area (Å²) < 4.78 is 5.46. The molecule has 4 rings (SSSR count). The largest absolute Gasteiger partial charge is 0.484 e. The van der Waals surface area contributed by atoms with Gasteiger partial charge in [0.15, 0.2) is 11.7 Å². The minimum absolute atomic E-state index is 0.0248. The van der Waals surface area contributed by atoms with Crippen LogP contribution in [0, 0.1) is 10.1 Å². The second-order valence-electron chi connectivity index (χ2n) is 7.77. The third kappa shape index (κ3) is 7.38. The van der Waals surface area contributed by atoms with Gasteiger partial charge in [0.25, 0.3) is 11.6 Å². The fourth-order valence-corrected chi connectivity index (χ4v) is 4.87. The number of benzene rings is 3. The lowest BCUT2D eigenvalue weighted by atomic mass is 10.1. The van der Waals surface area contributed by atoms with E-state index in [1.165, 1.54) is 35.2 Å². The molecule has 0 radical (unpaired) electrons. The Morgan fingerprint density at radius 3 is 2.62 bits per heavy atom. The van der Waals surface area contributed by atoms with Gasteiger partial charge in [0.05, 0.1) is 15.9 Å².